The van der Waals surface area contributed by atoms with E-state index in [1.165, 1.54) is 0 Å². The van der Waals surface area contributed by atoms with Crippen molar-refractivity contribution in [1.82, 2.24) is 4.98 Å². The second-order valence-electron chi connectivity index (χ2n) is 6.76. The maximum absolute atomic E-state index is 14.7. The van der Waals surface area contributed by atoms with Crippen LogP contribution in [0.2, 0.25) is 0 Å². The van der Waals surface area contributed by atoms with Gasteiger partial charge in [-0.1, -0.05) is 12.1 Å². The van der Waals surface area contributed by atoms with Crippen LogP contribution in [0.4, 0.5) is 10.1 Å². The zero-order valence-electron chi connectivity index (χ0n) is 15.7. The molecule has 1 saturated heterocycles. The maximum Gasteiger partial charge on any atom is 0.313 e. The van der Waals surface area contributed by atoms with Crippen molar-refractivity contribution in [3.63, 3.8) is 0 Å². The van der Waals surface area contributed by atoms with Gasteiger partial charge < -0.3 is 20.1 Å². The molecule has 0 aliphatic carbocycles. The van der Waals surface area contributed by atoms with Crippen molar-refractivity contribution in [2.45, 2.75) is 32.7 Å². The van der Waals surface area contributed by atoms with E-state index in [0.717, 1.165) is 11.3 Å². The molecule has 0 radical (unpaired) electrons. The summed E-state index contributed by atoms with van der Waals surface area (Å²) in [4.78, 5) is 17.5. The molecule has 2 aromatic rings. The average molecular weight is 386 g/mol. The molecular formula is C20H23FN4O3. The number of hydrogen-bond acceptors (Lipinski definition) is 6. The molecule has 1 fully saturated rings. The fourth-order valence-electron chi connectivity index (χ4n) is 2.94. The van der Waals surface area contributed by atoms with Gasteiger partial charge >= 0.3 is 5.97 Å². The van der Waals surface area contributed by atoms with Gasteiger partial charge in [-0.15, -0.1) is 0 Å². The number of aromatic nitrogens is 1. The normalized spacial score (nSPS) is 13.9. The molecule has 0 saturated carbocycles. The van der Waals surface area contributed by atoms with E-state index in [4.69, 9.17) is 20.6 Å². The number of pyridine rings is 1. The van der Waals surface area contributed by atoms with Crippen LogP contribution in [0.3, 0.4) is 0 Å². The number of nitrogens with one attached hydrogen (secondary N) is 1. The lowest BCUT2D eigenvalue weighted by molar-refractivity contribution is -0.143. The lowest BCUT2D eigenvalue weighted by Gasteiger charge is -2.41. The summed E-state index contributed by atoms with van der Waals surface area (Å²) in [5.74, 6) is -1.35. The molecule has 7 nitrogen and oxygen atoms in total. The number of hydrogen-bond donors (Lipinski definition) is 2. The predicted molar refractivity (Wildman–Crippen MR) is 102 cm³/mol. The maximum atomic E-state index is 14.7. The summed E-state index contributed by atoms with van der Waals surface area (Å²) < 4.78 is 25.6. The number of esters is 1. The number of amidine groups is 1. The largest absolute Gasteiger partial charge is 0.460 e. The third-order valence-corrected chi connectivity index (χ3v) is 4.42. The Balaban J connectivity index is 1.51. The van der Waals surface area contributed by atoms with Crippen LogP contribution in [0.5, 0.6) is 0 Å². The number of nitrogens with zero attached hydrogens (tertiary/aromatic N) is 2. The van der Waals surface area contributed by atoms with E-state index in [2.05, 4.69) is 4.98 Å². The third kappa shape index (κ3) is 5.04. The Kier molecular flexibility index (Phi) is 6.20. The van der Waals surface area contributed by atoms with Crippen LogP contribution < -0.4 is 10.6 Å². The van der Waals surface area contributed by atoms with Crippen LogP contribution in [0.15, 0.2) is 36.5 Å². The predicted octanol–water partition coefficient (Wildman–Crippen LogP) is 2.30. The zero-order chi connectivity index (χ0) is 20.1. The lowest BCUT2D eigenvalue weighted by Crippen LogP contribution is -2.52. The van der Waals surface area contributed by atoms with Crippen LogP contribution in [0.1, 0.15) is 23.2 Å². The Bertz CT molecular complexity index is 868. The molecule has 1 aliphatic heterocycles. The smallest absolute Gasteiger partial charge is 0.313 e. The monoisotopic (exact) mass is 386 g/mol. The molecule has 148 valence electrons. The quantitative estimate of drug-likeness (QED) is 0.410. The second kappa shape index (κ2) is 8.79. The highest BCUT2D eigenvalue weighted by molar-refractivity contribution is 5.94. The molecule has 0 spiro atoms. The molecule has 1 aromatic heterocycles. The van der Waals surface area contributed by atoms with Gasteiger partial charge in [0.2, 0.25) is 0 Å². The number of ether oxygens (including phenoxy) is 2. The number of carbonyl (C=O) groups excluding carboxylic acids is 1. The van der Waals surface area contributed by atoms with Gasteiger partial charge in [-0.05, 0) is 30.7 Å². The second-order valence-corrected chi connectivity index (χ2v) is 6.76. The van der Waals surface area contributed by atoms with Crippen LogP contribution in [0, 0.1) is 18.2 Å². The number of carbonyl (C=O) groups is 1. The van der Waals surface area contributed by atoms with Gasteiger partial charge in [-0.2, -0.15) is 0 Å². The van der Waals surface area contributed by atoms with Gasteiger partial charge in [0.25, 0.3) is 0 Å². The molecule has 3 N–H and O–H groups in total. The first-order valence-corrected chi connectivity index (χ1v) is 8.96. The third-order valence-electron chi connectivity index (χ3n) is 4.42. The molecule has 28 heavy (non-hydrogen) atoms. The summed E-state index contributed by atoms with van der Waals surface area (Å²) in [7, 11) is 0. The van der Waals surface area contributed by atoms with Crippen molar-refractivity contribution in [3.8, 4) is 0 Å². The molecule has 0 amide bonds. The van der Waals surface area contributed by atoms with Crippen molar-refractivity contribution in [2.24, 2.45) is 5.73 Å². The summed E-state index contributed by atoms with van der Waals surface area (Å²) in [6.45, 7) is 3.42. The van der Waals surface area contributed by atoms with E-state index < -0.39 is 11.8 Å². The van der Waals surface area contributed by atoms with Crippen LogP contribution in [0.25, 0.3) is 0 Å². The van der Waals surface area contributed by atoms with Crippen molar-refractivity contribution in [1.29, 1.82) is 5.41 Å². The summed E-state index contributed by atoms with van der Waals surface area (Å²) in [6, 6.07) is 8.88. The molecule has 0 unspecified atom stereocenters. The number of benzene rings is 1. The number of aryl methyl sites for hydroxylation is 1. The zero-order valence-corrected chi connectivity index (χ0v) is 15.7. The molecular weight excluding hydrogens is 363 g/mol. The van der Waals surface area contributed by atoms with Crippen molar-refractivity contribution in [3.05, 3.63) is 59.2 Å². The fourth-order valence-corrected chi connectivity index (χ4v) is 2.94. The van der Waals surface area contributed by atoms with Crippen molar-refractivity contribution in [2.75, 3.05) is 18.0 Å². The van der Waals surface area contributed by atoms with Crippen molar-refractivity contribution < 1.29 is 18.7 Å². The molecule has 0 atom stereocenters. The summed E-state index contributed by atoms with van der Waals surface area (Å²) in [5, 5.41) is 7.07. The Hall–Kier alpha value is -3.00. The number of anilines is 1. The number of halogens is 1. The molecule has 8 heteroatoms. The Morgan fingerprint density at radius 3 is 2.86 bits per heavy atom. The van der Waals surface area contributed by atoms with E-state index in [1.807, 2.05) is 24.0 Å². The van der Waals surface area contributed by atoms with Gasteiger partial charge in [0.15, 0.2) is 5.82 Å². The molecule has 2 heterocycles. The van der Waals surface area contributed by atoms with Gasteiger partial charge in [-0.25, -0.2) is 4.39 Å². The first kappa shape index (κ1) is 19.8. The van der Waals surface area contributed by atoms with E-state index >= 15 is 0 Å². The highest BCUT2D eigenvalue weighted by Crippen LogP contribution is 2.28. The Labute approximate surface area is 162 Å². The number of rotatable bonds is 8. The minimum Gasteiger partial charge on any atom is -0.460 e. The van der Waals surface area contributed by atoms with E-state index in [0.29, 0.717) is 25.4 Å². The van der Waals surface area contributed by atoms with Gasteiger partial charge in [0, 0.05) is 30.5 Å². The van der Waals surface area contributed by atoms with Crippen molar-refractivity contribution >= 4 is 17.5 Å². The van der Waals surface area contributed by atoms with E-state index in [9.17, 15) is 9.18 Å². The SMILES string of the molecule is Cc1cc(COC2CN(c3cccc(COC(=O)CC(=N)N)c3F)C2)ccn1. The first-order chi connectivity index (χ1) is 13.4. The number of nitrogens with two attached hydrogens (primary N) is 1. The van der Waals surface area contributed by atoms with Gasteiger partial charge in [0.05, 0.1) is 18.4 Å². The highest BCUT2D eigenvalue weighted by atomic mass is 19.1. The summed E-state index contributed by atoms with van der Waals surface area (Å²) in [5.41, 5.74) is 7.90. The van der Waals surface area contributed by atoms with Crippen LogP contribution >= 0.6 is 0 Å². The minimum atomic E-state index is -0.652. The standard InChI is InChI=1S/C20H23FN4O3/c1-13-7-14(5-6-24-13)11-27-16-9-25(10-16)17-4-2-3-15(20(17)21)12-28-19(26)8-18(22)23/h2-7,16H,8-12H2,1H3,(H3,22,23). The topological polar surface area (TPSA) is 102 Å². The highest BCUT2D eigenvalue weighted by Gasteiger charge is 2.30. The summed E-state index contributed by atoms with van der Waals surface area (Å²) in [6.07, 6.45) is 1.49. The molecule has 1 aliphatic rings. The molecule has 0 bridgehead atoms. The van der Waals surface area contributed by atoms with Gasteiger partial charge in [-0.3, -0.25) is 15.2 Å². The van der Waals surface area contributed by atoms with E-state index in [1.54, 1.807) is 24.4 Å². The average Bonchev–Trinajstić information content (AvgIpc) is 2.60. The Morgan fingerprint density at radius 1 is 1.36 bits per heavy atom. The van der Waals surface area contributed by atoms with Gasteiger partial charge in [0.1, 0.15) is 18.9 Å². The first-order valence-electron chi connectivity index (χ1n) is 8.96. The minimum absolute atomic E-state index is 0.0323. The lowest BCUT2D eigenvalue weighted by atomic mass is 10.1. The Morgan fingerprint density at radius 2 is 2.14 bits per heavy atom. The fraction of sp³-hybridized carbons (Fsp3) is 0.350. The molecule has 3 rings (SSSR count). The molecule has 1 aromatic carbocycles. The van der Waals surface area contributed by atoms with E-state index in [-0.39, 0.29) is 30.5 Å². The van der Waals surface area contributed by atoms with Crippen LogP contribution in [-0.4, -0.2) is 36.0 Å². The summed E-state index contributed by atoms with van der Waals surface area (Å²) >= 11 is 0. The van der Waals surface area contributed by atoms with Crippen LogP contribution in [-0.2, 0) is 27.5 Å².